The van der Waals surface area contributed by atoms with Gasteiger partial charge in [0.1, 0.15) is 13.1 Å². The van der Waals surface area contributed by atoms with Crippen molar-refractivity contribution in [1.82, 2.24) is 0 Å². The predicted molar refractivity (Wildman–Crippen MR) is 61.9 cm³/mol. The number of hydrogen-bond donors (Lipinski definition) is 0. The van der Waals surface area contributed by atoms with E-state index in [1.807, 2.05) is 18.7 Å². The summed E-state index contributed by atoms with van der Waals surface area (Å²) in [4.78, 5) is 15.5. The number of ether oxygens (including phenoxy) is 1. The van der Waals surface area contributed by atoms with Crippen LogP contribution in [0.3, 0.4) is 0 Å². The molecule has 6 heteroatoms. The van der Waals surface area contributed by atoms with Crippen molar-refractivity contribution in [1.29, 1.82) is 0 Å². The van der Waals surface area contributed by atoms with Crippen LogP contribution in [0.5, 0.6) is 0 Å². The summed E-state index contributed by atoms with van der Waals surface area (Å²) in [6.45, 7) is 5.26. The zero-order valence-electron chi connectivity index (χ0n) is 9.92. The summed E-state index contributed by atoms with van der Waals surface area (Å²) in [6.07, 6.45) is 1.85. The molecule has 1 N–H and O–H groups in total. The Morgan fingerprint density at radius 2 is 2.12 bits per heavy atom. The monoisotopic (exact) mass is 238 g/mol. The van der Waals surface area contributed by atoms with Gasteiger partial charge in [-0.1, -0.05) is 0 Å². The number of morpholine rings is 1. The van der Waals surface area contributed by atoms with Crippen LogP contribution in [0.25, 0.3) is 0 Å². The van der Waals surface area contributed by atoms with Crippen LogP contribution in [-0.4, -0.2) is 30.2 Å². The van der Waals surface area contributed by atoms with Gasteiger partial charge >= 0.3 is 11.5 Å². The van der Waals surface area contributed by atoms with Gasteiger partial charge in [0.15, 0.2) is 0 Å². The van der Waals surface area contributed by atoms with Gasteiger partial charge in [0, 0.05) is 6.07 Å². The fraction of sp³-hybridized carbons (Fsp3) is 0.545. The number of anilines is 1. The zero-order valence-corrected chi connectivity index (χ0v) is 9.92. The highest BCUT2D eigenvalue weighted by Gasteiger charge is 2.33. The molecule has 1 aromatic rings. The SMILES string of the molecule is C[C@@H]1CN(c2[nH+]cccc2[N+](=O)[O-])C[C@H](C)O1. The summed E-state index contributed by atoms with van der Waals surface area (Å²) in [7, 11) is 0. The van der Waals surface area contributed by atoms with Gasteiger partial charge in [0.2, 0.25) is 0 Å². The lowest BCUT2D eigenvalue weighted by molar-refractivity contribution is -0.411. The fourth-order valence-electron chi connectivity index (χ4n) is 2.18. The van der Waals surface area contributed by atoms with Crippen LogP contribution in [0.2, 0.25) is 0 Å². The first-order valence-corrected chi connectivity index (χ1v) is 5.63. The van der Waals surface area contributed by atoms with Gasteiger partial charge in [-0.3, -0.25) is 15.0 Å². The normalized spacial score (nSPS) is 24.7. The van der Waals surface area contributed by atoms with Gasteiger partial charge in [-0.25, -0.2) is 4.98 Å². The highest BCUT2D eigenvalue weighted by Crippen LogP contribution is 2.25. The third-order valence-corrected chi connectivity index (χ3v) is 2.75. The van der Waals surface area contributed by atoms with Gasteiger partial charge in [0.05, 0.1) is 23.3 Å². The maximum absolute atomic E-state index is 11.0. The largest absolute Gasteiger partial charge is 0.367 e. The molecule has 1 aromatic heterocycles. The molecule has 0 bridgehead atoms. The van der Waals surface area contributed by atoms with Crippen LogP contribution in [0.15, 0.2) is 18.3 Å². The number of nitrogens with one attached hydrogen (secondary N) is 1. The lowest BCUT2D eigenvalue weighted by Gasteiger charge is -2.30. The van der Waals surface area contributed by atoms with Crippen molar-refractivity contribution in [3.05, 3.63) is 28.4 Å². The Labute approximate surface area is 99.4 Å². The maximum atomic E-state index is 11.0. The van der Waals surface area contributed by atoms with Crippen molar-refractivity contribution in [2.24, 2.45) is 0 Å². The molecule has 17 heavy (non-hydrogen) atoms. The minimum absolute atomic E-state index is 0.0759. The molecule has 0 saturated carbocycles. The van der Waals surface area contributed by atoms with E-state index < -0.39 is 0 Å². The fourth-order valence-corrected chi connectivity index (χ4v) is 2.18. The number of aromatic amines is 1. The van der Waals surface area contributed by atoms with Crippen LogP contribution in [0.1, 0.15) is 13.8 Å². The second kappa shape index (κ2) is 4.67. The molecule has 0 unspecified atom stereocenters. The molecular formula is C11H16N3O3+. The molecule has 92 valence electrons. The first kappa shape index (κ1) is 11.8. The van der Waals surface area contributed by atoms with E-state index in [2.05, 4.69) is 4.98 Å². The van der Waals surface area contributed by atoms with E-state index in [1.54, 1.807) is 12.3 Å². The standard InChI is InChI=1S/C11H15N3O3/c1-8-6-13(7-9(2)17-8)11-10(14(15)16)4-3-5-12-11/h3-5,8-9H,6-7H2,1-2H3/p+1/t8-,9+. The van der Waals surface area contributed by atoms with Crippen molar-refractivity contribution in [3.63, 3.8) is 0 Å². The van der Waals surface area contributed by atoms with Gasteiger partial charge in [0.25, 0.3) is 0 Å². The number of pyridine rings is 1. The predicted octanol–water partition coefficient (Wildman–Crippen LogP) is 1.02. The van der Waals surface area contributed by atoms with Crippen LogP contribution >= 0.6 is 0 Å². The number of nitro groups is 1. The molecule has 0 spiro atoms. The molecule has 1 aliphatic heterocycles. The quantitative estimate of drug-likeness (QED) is 0.570. The minimum atomic E-state index is -0.364. The lowest BCUT2D eigenvalue weighted by atomic mass is 10.2. The number of rotatable bonds is 2. The van der Waals surface area contributed by atoms with Crippen molar-refractivity contribution in [3.8, 4) is 0 Å². The van der Waals surface area contributed by atoms with Crippen molar-refractivity contribution < 1.29 is 14.6 Å². The Morgan fingerprint density at radius 1 is 1.47 bits per heavy atom. The van der Waals surface area contributed by atoms with E-state index in [-0.39, 0.29) is 22.8 Å². The molecule has 0 radical (unpaired) electrons. The van der Waals surface area contributed by atoms with E-state index in [0.717, 1.165) is 0 Å². The molecule has 1 saturated heterocycles. The molecule has 0 aromatic carbocycles. The molecule has 6 nitrogen and oxygen atoms in total. The van der Waals surface area contributed by atoms with Crippen molar-refractivity contribution >= 4 is 11.5 Å². The van der Waals surface area contributed by atoms with Gasteiger partial charge in [-0.05, 0) is 19.9 Å². The Kier molecular flexibility index (Phi) is 3.23. The zero-order chi connectivity index (χ0) is 12.4. The first-order chi connectivity index (χ1) is 8.08. The number of hydrogen-bond acceptors (Lipinski definition) is 4. The van der Waals surface area contributed by atoms with E-state index in [0.29, 0.717) is 18.9 Å². The highest BCUT2D eigenvalue weighted by molar-refractivity contribution is 5.53. The van der Waals surface area contributed by atoms with Crippen LogP contribution in [-0.2, 0) is 4.74 Å². The molecule has 0 amide bonds. The third kappa shape index (κ3) is 2.52. The molecule has 0 aliphatic carbocycles. The Balaban J connectivity index is 2.30. The van der Waals surface area contributed by atoms with Gasteiger partial charge in [-0.15, -0.1) is 0 Å². The number of aromatic nitrogens is 1. The molecule has 1 fully saturated rings. The highest BCUT2D eigenvalue weighted by atomic mass is 16.6. The average Bonchev–Trinajstić information content (AvgIpc) is 2.27. The number of nitrogens with zero attached hydrogens (tertiary/aromatic N) is 2. The summed E-state index contributed by atoms with van der Waals surface area (Å²) in [5.74, 6) is 0.555. The average molecular weight is 238 g/mol. The Bertz CT molecular complexity index is 414. The summed E-state index contributed by atoms with van der Waals surface area (Å²) in [5, 5.41) is 11.0. The molecule has 2 rings (SSSR count). The molecular weight excluding hydrogens is 222 g/mol. The van der Waals surface area contributed by atoms with E-state index in [9.17, 15) is 10.1 Å². The smallest absolute Gasteiger partial charge is 0.357 e. The second-order valence-electron chi connectivity index (χ2n) is 4.32. The summed E-state index contributed by atoms with van der Waals surface area (Å²) < 4.78 is 5.61. The van der Waals surface area contributed by atoms with Crippen LogP contribution in [0, 0.1) is 10.1 Å². The van der Waals surface area contributed by atoms with Crippen LogP contribution in [0.4, 0.5) is 11.5 Å². The first-order valence-electron chi connectivity index (χ1n) is 5.63. The molecule has 1 aliphatic rings. The lowest BCUT2D eigenvalue weighted by Crippen LogP contribution is -2.47. The van der Waals surface area contributed by atoms with E-state index >= 15 is 0 Å². The van der Waals surface area contributed by atoms with Gasteiger partial charge < -0.3 is 4.74 Å². The summed E-state index contributed by atoms with van der Waals surface area (Å²) >= 11 is 0. The third-order valence-electron chi connectivity index (χ3n) is 2.75. The van der Waals surface area contributed by atoms with E-state index in [1.165, 1.54) is 6.07 Å². The molecule has 2 heterocycles. The van der Waals surface area contributed by atoms with Crippen molar-refractivity contribution in [2.45, 2.75) is 26.1 Å². The van der Waals surface area contributed by atoms with E-state index in [4.69, 9.17) is 4.74 Å². The second-order valence-corrected chi connectivity index (χ2v) is 4.32. The Morgan fingerprint density at radius 3 is 2.71 bits per heavy atom. The summed E-state index contributed by atoms with van der Waals surface area (Å²) in [5.41, 5.74) is 0.105. The Hall–Kier alpha value is -1.69. The summed E-state index contributed by atoms with van der Waals surface area (Å²) in [6, 6.07) is 3.14. The minimum Gasteiger partial charge on any atom is -0.367 e. The van der Waals surface area contributed by atoms with Crippen molar-refractivity contribution in [2.75, 3.05) is 18.0 Å². The topological polar surface area (TPSA) is 69.8 Å². The molecule has 2 atom stereocenters. The maximum Gasteiger partial charge on any atom is 0.357 e. The van der Waals surface area contributed by atoms with Crippen LogP contribution < -0.4 is 9.88 Å². The van der Waals surface area contributed by atoms with Gasteiger partial charge in [-0.2, -0.15) is 0 Å². The number of H-pyrrole nitrogens is 1.